The second-order valence-electron chi connectivity index (χ2n) is 4.96. The monoisotopic (exact) mass is 255 g/mol. The molecule has 0 aromatic carbocycles. The van der Waals surface area contributed by atoms with Crippen LogP contribution in [0.2, 0.25) is 0 Å². The van der Waals surface area contributed by atoms with Gasteiger partial charge in [0, 0.05) is 6.54 Å². The van der Waals surface area contributed by atoms with Gasteiger partial charge in [-0.1, -0.05) is 38.2 Å². The Hall–Kier alpha value is -0.940. The summed E-state index contributed by atoms with van der Waals surface area (Å²) in [5, 5.41) is -0.701. The molecule has 0 aromatic rings. The Bertz CT molecular complexity index is 476. The standard InChI is InChI=1S/C12H17NO3S/c1-9(2)7-13-8-11(14)10-5-3-4-6-12(10)17(13,15)16/h3-6,9-10,12H,7-8H2,1-2H3. The fourth-order valence-corrected chi connectivity index (χ4v) is 4.34. The molecule has 1 aliphatic carbocycles. The first-order chi connectivity index (χ1) is 7.93. The number of nitrogens with zero attached hydrogens (tertiary/aromatic N) is 1. The van der Waals surface area contributed by atoms with Crippen LogP contribution in [-0.2, 0) is 14.8 Å². The van der Waals surface area contributed by atoms with E-state index < -0.39 is 21.2 Å². The minimum Gasteiger partial charge on any atom is -0.297 e. The van der Waals surface area contributed by atoms with Crippen LogP contribution in [0.15, 0.2) is 24.3 Å². The molecule has 94 valence electrons. The van der Waals surface area contributed by atoms with Crippen molar-refractivity contribution in [3.05, 3.63) is 24.3 Å². The number of hydrogen-bond acceptors (Lipinski definition) is 3. The van der Waals surface area contributed by atoms with Crippen LogP contribution in [0.4, 0.5) is 0 Å². The average Bonchev–Trinajstić information content (AvgIpc) is 2.26. The van der Waals surface area contributed by atoms with Gasteiger partial charge >= 0.3 is 0 Å². The molecule has 0 spiro atoms. The number of carbonyl (C=O) groups is 1. The minimum absolute atomic E-state index is 0.00826. The van der Waals surface area contributed by atoms with E-state index in [-0.39, 0.29) is 18.2 Å². The molecule has 0 aromatic heterocycles. The van der Waals surface area contributed by atoms with Gasteiger partial charge < -0.3 is 0 Å². The van der Waals surface area contributed by atoms with E-state index >= 15 is 0 Å². The third-order valence-electron chi connectivity index (χ3n) is 3.06. The molecular weight excluding hydrogens is 238 g/mol. The van der Waals surface area contributed by atoms with E-state index in [4.69, 9.17) is 0 Å². The van der Waals surface area contributed by atoms with Gasteiger partial charge in [0.2, 0.25) is 10.0 Å². The van der Waals surface area contributed by atoms with Crippen molar-refractivity contribution >= 4 is 15.8 Å². The maximum Gasteiger partial charge on any atom is 0.222 e. The highest BCUT2D eigenvalue weighted by Gasteiger charge is 2.44. The van der Waals surface area contributed by atoms with Gasteiger partial charge in [-0.15, -0.1) is 0 Å². The highest BCUT2D eigenvalue weighted by Crippen LogP contribution is 2.29. The van der Waals surface area contributed by atoms with Gasteiger partial charge in [0.25, 0.3) is 0 Å². The second-order valence-corrected chi connectivity index (χ2v) is 7.05. The van der Waals surface area contributed by atoms with Crippen molar-refractivity contribution < 1.29 is 13.2 Å². The number of fused-ring (bicyclic) bond motifs is 1. The molecule has 1 aliphatic heterocycles. The quantitative estimate of drug-likeness (QED) is 0.738. The van der Waals surface area contributed by atoms with Crippen LogP contribution >= 0.6 is 0 Å². The third kappa shape index (κ3) is 2.21. The average molecular weight is 255 g/mol. The summed E-state index contributed by atoms with van der Waals surface area (Å²) in [5.41, 5.74) is 0. The lowest BCUT2D eigenvalue weighted by Crippen LogP contribution is -2.53. The van der Waals surface area contributed by atoms with Crippen molar-refractivity contribution in [3.8, 4) is 0 Å². The van der Waals surface area contributed by atoms with Crippen LogP contribution in [0.3, 0.4) is 0 Å². The second kappa shape index (κ2) is 4.38. The Morgan fingerprint density at radius 2 is 2.00 bits per heavy atom. The summed E-state index contributed by atoms with van der Waals surface area (Å²) in [6.45, 7) is 4.32. The largest absolute Gasteiger partial charge is 0.297 e. The van der Waals surface area contributed by atoms with Crippen LogP contribution in [0, 0.1) is 11.8 Å². The van der Waals surface area contributed by atoms with E-state index in [0.717, 1.165) is 0 Å². The summed E-state index contributed by atoms with van der Waals surface area (Å²) in [6.07, 6.45) is 6.75. The topological polar surface area (TPSA) is 54.5 Å². The fraction of sp³-hybridized carbons (Fsp3) is 0.583. The molecule has 0 radical (unpaired) electrons. The predicted molar refractivity (Wildman–Crippen MR) is 65.9 cm³/mol. The van der Waals surface area contributed by atoms with Crippen molar-refractivity contribution in [2.75, 3.05) is 13.1 Å². The molecule has 2 rings (SSSR count). The number of Topliss-reactive ketones (excluding diaryl/α,β-unsaturated/α-hetero) is 1. The molecule has 1 heterocycles. The smallest absolute Gasteiger partial charge is 0.222 e. The maximum atomic E-state index is 12.3. The van der Waals surface area contributed by atoms with E-state index in [1.165, 1.54) is 4.31 Å². The van der Waals surface area contributed by atoms with Crippen LogP contribution < -0.4 is 0 Å². The van der Waals surface area contributed by atoms with E-state index in [9.17, 15) is 13.2 Å². The van der Waals surface area contributed by atoms with E-state index in [1.807, 2.05) is 13.8 Å². The fourth-order valence-electron chi connectivity index (χ4n) is 2.28. The molecule has 17 heavy (non-hydrogen) atoms. The third-order valence-corrected chi connectivity index (χ3v) is 5.20. The summed E-state index contributed by atoms with van der Waals surface area (Å²) in [6, 6.07) is 0. The number of rotatable bonds is 2. The first-order valence-corrected chi connectivity index (χ1v) is 7.30. The molecule has 4 nitrogen and oxygen atoms in total. The van der Waals surface area contributed by atoms with Crippen molar-refractivity contribution in [2.24, 2.45) is 11.8 Å². The van der Waals surface area contributed by atoms with Gasteiger partial charge in [-0.25, -0.2) is 8.42 Å². The van der Waals surface area contributed by atoms with Crippen molar-refractivity contribution in [1.29, 1.82) is 0 Å². The zero-order valence-corrected chi connectivity index (χ0v) is 10.9. The molecule has 2 atom stereocenters. The molecular formula is C12H17NO3S. The lowest BCUT2D eigenvalue weighted by atomic mass is 9.95. The molecule has 1 fully saturated rings. The number of hydrogen-bond donors (Lipinski definition) is 0. The maximum absolute atomic E-state index is 12.3. The number of carbonyl (C=O) groups excluding carboxylic acids is 1. The Labute approximate surface area is 102 Å². The van der Waals surface area contributed by atoms with Crippen molar-refractivity contribution in [1.82, 2.24) is 4.31 Å². The molecule has 2 aliphatic rings. The summed E-state index contributed by atoms with van der Waals surface area (Å²) < 4.78 is 26.0. The molecule has 5 heteroatoms. The van der Waals surface area contributed by atoms with E-state index in [2.05, 4.69) is 0 Å². The zero-order chi connectivity index (χ0) is 12.6. The van der Waals surface area contributed by atoms with Crippen molar-refractivity contribution in [2.45, 2.75) is 19.1 Å². The molecule has 0 N–H and O–H groups in total. The molecule has 2 unspecified atom stereocenters. The number of allylic oxidation sites excluding steroid dienone is 3. The number of ketones is 1. The Kier molecular flexibility index (Phi) is 3.23. The molecule has 1 saturated heterocycles. The van der Waals surface area contributed by atoms with Crippen LogP contribution in [0.5, 0.6) is 0 Å². The minimum atomic E-state index is -3.38. The molecule has 0 amide bonds. The van der Waals surface area contributed by atoms with Crippen LogP contribution in [0.1, 0.15) is 13.8 Å². The molecule has 0 bridgehead atoms. The first kappa shape index (κ1) is 12.5. The lowest BCUT2D eigenvalue weighted by Gasteiger charge is -2.36. The first-order valence-electron chi connectivity index (χ1n) is 5.79. The van der Waals surface area contributed by atoms with E-state index in [0.29, 0.717) is 6.54 Å². The predicted octanol–water partition coefficient (Wildman–Crippen LogP) is 0.968. The van der Waals surface area contributed by atoms with E-state index in [1.54, 1.807) is 24.3 Å². The number of sulfonamides is 1. The summed E-state index contributed by atoms with van der Waals surface area (Å²) in [4.78, 5) is 11.9. The van der Waals surface area contributed by atoms with Gasteiger partial charge in [0.15, 0.2) is 5.78 Å². The van der Waals surface area contributed by atoms with Gasteiger partial charge in [0.1, 0.15) is 5.25 Å². The Morgan fingerprint density at radius 1 is 1.35 bits per heavy atom. The summed E-state index contributed by atoms with van der Waals surface area (Å²) in [7, 11) is -3.38. The molecule has 0 saturated carbocycles. The highest BCUT2D eigenvalue weighted by atomic mass is 32.2. The summed E-state index contributed by atoms with van der Waals surface area (Å²) in [5.74, 6) is -0.281. The highest BCUT2D eigenvalue weighted by molar-refractivity contribution is 7.90. The summed E-state index contributed by atoms with van der Waals surface area (Å²) >= 11 is 0. The Morgan fingerprint density at radius 3 is 2.65 bits per heavy atom. The Balaban J connectivity index is 2.33. The van der Waals surface area contributed by atoms with Crippen molar-refractivity contribution in [3.63, 3.8) is 0 Å². The van der Waals surface area contributed by atoms with Crippen LogP contribution in [0.25, 0.3) is 0 Å². The van der Waals surface area contributed by atoms with Crippen LogP contribution in [-0.4, -0.2) is 36.8 Å². The lowest BCUT2D eigenvalue weighted by molar-refractivity contribution is -0.122. The van der Waals surface area contributed by atoms with Gasteiger partial charge in [-0.3, -0.25) is 4.79 Å². The normalized spacial score (nSPS) is 31.8. The zero-order valence-electron chi connectivity index (χ0n) is 10.0. The SMILES string of the molecule is CC(C)CN1CC(=O)C2C=CC=CC2S1(=O)=O. The van der Waals surface area contributed by atoms with Gasteiger partial charge in [-0.05, 0) is 5.92 Å². The van der Waals surface area contributed by atoms with Gasteiger partial charge in [0.05, 0.1) is 12.5 Å². The van der Waals surface area contributed by atoms with Gasteiger partial charge in [-0.2, -0.15) is 4.31 Å².